The Kier molecular flexibility index (Phi) is 8.40. The number of sulfonamides is 1. The summed E-state index contributed by atoms with van der Waals surface area (Å²) in [4.78, 5) is 16.2. The molecule has 1 aromatic carbocycles. The molecule has 1 heterocycles. The Morgan fingerprint density at radius 2 is 1.69 bits per heavy atom. The fourth-order valence-electron chi connectivity index (χ4n) is 2.88. The second-order valence-electron chi connectivity index (χ2n) is 6.76. The number of rotatable bonds is 9. The van der Waals surface area contributed by atoms with Gasteiger partial charge in [0.15, 0.2) is 0 Å². The third-order valence-electron chi connectivity index (χ3n) is 4.33. The average molecular weight is 438 g/mol. The van der Waals surface area contributed by atoms with Gasteiger partial charge in [0.25, 0.3) is 0 Å². The van der Waals surface area contributed by atoms with E-state index in [1.54, 1.807) is 0 Å². The fraction of sp³-hybridized carbons (Fsp3) is 0.588. The van der Waals surface area contributed by atoms with Gasteiger partial charge in [-0.25, -0.2) is 13.6 Å². The third kappa shape index (κ3) is 9.09. The van der Waals surface area contributed by atoms with Gasteiger partial charge < -0.3 is 15.0 Å². The minimum Gasteiger partial charge on any atom is -0.372 e. The topological polar surface area (TPSA) is 105 Å². The SMILES string of the molecule is NS(=O)(=O)c1ccc(NC(=O)CN2CCN(CCCOCC(F)(F)F)CC2)cc1. The van der Waals surface area contributed by atoms with E-state index in [-0.39, 0.29) is 24.0 Å². The Balaban J connectivity index is 1.64. The number of nitrogens with two attached hydrogens (primary N) is 1. The van der Waals surface area contributed by atoms with Gasteiger partial charge in [0, 0.05) is 45.0 Å². The standard InChI is InChI=1S/C17H25F3N4O4S/c18-17(19,20)13-28-11-1-6-23-7-9-24(10-8-23)12-16(25)22-14-2-4-15(5-3-14)29(21,26)27/h2-5H,1,6-13H2,(H,22,25)(H2,21,26,27). The van der Waals surface area contributed by atoms with Gasteiger partial charge in [-0.15, -0.1) is 0 Å². The summed E-state index contributed by atoms with van der Waals surface area (Å²) in [7, 11) is -3.78. The lowest BCUT2D eigenvalue weighted by atomic mass is 10.2. The molecule has 0 atom stereocenters. The van der Waals surface area contributed by atoms with E-state index >= 15 is 0 Å². The maximum absolute atomic E-state index is 12.2. The highest BCUT2D eigenvalue weighted by molar-refractivity contribution is 7.89. The molecule has 0 bridgehead atoms. The van der Waals surface area contributed by atoms with Crippen molar-refractivity contribution < 1.29 is 31.1 Å². The normalized spacial score (nSPS) is 16.7. The van der Waals surface area contributed by atoms with Crippen molar-refractivity contribution in [3.05, 3.63) is 24.3 Å². The summed E-state index contributed by atoms with van der Waals surface area (Å²) < 4.78 is 63.0. The number of halogens is 3. The second-order valence-corrected chi connectivity index (χ2v) is 8.32. The molecule has 3 N–H and O–H groups in total. The van der Waals surface area contributed by atoms with Gasteiger partial charge in [-0.05, 0) is 30.7 Å². The van der Waals surface area contributed by atoms with Crippen molar-refractivity contribution in [2.24, 2.45) is 5.14 Å². The van der Waals surface area contributed by atoms with Gasteiger partial charge >= 0.3 is 6.18 Å². The molecule has 1 aliphatic heterocycles. The van der Waals surface area contributed by atoms with Crippen molar-refractivity contribution in [1.82, 2.24) is 9.80 Å². The van der Waals surface area contributed by atoms with Gasteiger partial charge in [-0.3, -0.25) is 9.69 Å². The number of alkyl halides is 3. The maximum atomic E-state index is 12.2. The number of carbonyl (C=O) groups excluding carboxylic acids is 1. The zero-order chi connectivity index (χ0) is 21.5. The molecule has 1 amide bonds. The Bertz CT molecular complexity index is 764. The lowest BCUT2D eigenvalue weighted by Gasteiger charge is -2.34. The van der Waals surface area contributed by atoms with E-state index in [1.165, 1.54) is 24.3 Å². The van der Waals surface area contributed by atoms with Crippen LogP contribution < -0.4 is 10.5 Å². The Morgan fingerprint density at radius 3 is 2.24 bits per heavy atom. The number of anilines is 1. The van der Waals surface area contributed by atoms with Crippen molar-refractivity contribution in [3.8, 4) is 0 Å². The number of piperazine rings is 1. The van der Waals surface area contributed by atoms with Crippen LogP contribution in [0.3, 0.4) is 0 Å². The van der Waals surface area contributed by atoms with Gasteiger partial charge in [0.2, 0.25) is 15.9 Å². The van der Waals surface area contributed by atoms with E-state index in [4.69, 9.17) is 5.14 Å². The highest BCUT2D eigenvalue weighted by Gasteiger charge is 2.27. The summed E-state index contributed by atoms with van der Waals surface area (Å²) in [5, 5.41) is 7.73. The van der Waals surface area contributed by atoms with Gasteiger partial charge in [-0.2, -0.15) is 13.2 Å². The zero-order valence-corrected chi connectivity index (χ0v) is 16.6. The molecule has 0 unspecified atom stereocenters. The van der Waals surface area contributed by atoms with E-state index in [1.807, 2.05) is 4.90 Å². The van der Waals surface area contributed by atoms with Crippen LogP contribution in [0, 0.1) is 0 Å². The summed E-state index contributed by atoms with van der Waals surface area (Å²) in [5.74, 6) is -0.220. The molecule has 164 valence electrons. The highest BCUT2D eigenvalue weighted by atomic mass is 32.2. The van der Waals surface area contributed by atoms with Crippen molar-refractivity contribution in [3.63, 3.8) is 0 Å². The van der Waals surface area contributed by atoms with Crippen LogP contribution >= 0.6 is 0 Å². The van der Waals surface area contributed by atoms with E-state index in [2.05, 4.69) is 15.0 Å². The lowest BCUT2D eigenvalue weighted by Crippen LogP contribution is -2.48. The Labute approximate surface area is 167 Å². The first-order valence-electron chi connectivity index (χ1n) is 9.05. The lowest BCUT2D eigenvalue weighted by molar-refractivity contribution is -0.174. The molecule has 1 saturated heterocycles. The number of hydrogen-bond donors (Lipinski definition) is 2. The van der Waals surface area contributed by atoms with E-state index in [9.17, 15) is 26.4 Å². The first-order chi connectivity index (χ1) is 13.5. The molecule has 8 nitrogen and oxygen atoms in total. The summed E-state index contributed by atoms with van der Waals surface area (Å²) >= 11 is 0. The number of ether oxygens (including phenoxy) is 1. The molecule has 0 aliphatic carbocycles. The van der Waals surface area contributed by atoms with Crippen LogP contribution in [0.4, 0.5) is 18.9 Å². The molecule has 2 rings (SSSR count). The molecule has 0 spiro atoms. The summed E-state index contributed by atoms with van der Waals surface area (Å²) in [5.41, 5.74) is 0.472. The number of primary sulfonamides is 1. The summed E-state index contributed by atoms with van der Waals surface area (Å²) in [6.07, 6.45) is -3.78. The molecular weight excluding hydrogens is 413 g/mol. The molecule has 0 aromatic heterocycles. The Hall–Kier alpha value is -1.73. The van der Waals surface area contributed by atoms with Crippen LogP contribution in [0.15, 0.2) is 29.2 Å². The second kappa shape index (κ2) is 10.3. The number of hydrogen-bond acceptors (Lipinski definition) is 6. The Morgan fingerprint density at radius 1 is 1.10 bits per heavy atom. The van der Waals surface area contributed by atoms with Crippen LogP contribution in [0.1, 0.15) is 6.42 Å². The number of amides is 1. The predicted molar refractivity (Wildman–Crippen MR) is 101 cm³/mol. The van der Waals surface area contributed by atoms with Crippen molar-refractivity contribution in [2.75, 3.05) is 57.8 Å². The highest BCUT2D eigenvalue weighted by Crippen LogP contribution is 2.15. The molecular formula is C17H25F3N4O4S. The third-order valence-corrected chi connectivity index (χ3v) is 5.26. The molecule has 12 heteroatoms. The van der Waals surface area contributed by atoms with Crippen LogP contribution in [-0.2, 0) is 19.6 Å². The van der Waals surface area contributed by atoms with Crippen LogP contribution in [0.2, 0.25) is 0 Å². The minimum absolute atomic E-state index is 0.0320. The number of benzene rings is 1. The molecule has 1 aliphatic rings. The molecule has 0 radical (unpaired) electrons. The first kappa shape index (κ1) is 23.5. The van der Waals surface area contributed by atoms with Crippen molar-refractivity contribution in [2.45, 2.75) is 17.5 Å². The monoisotopic (exact) mass is 438 g/mol. The van der Waals surface area contributed by atoms with Gasteiger partial charge in [0.1, 0.15) is 6.61 Å². The zero-order valence-electron chi connectivity index (χ0n) is 15.8. The van der Waals surface area contributed by atoms with E-state index in [0.29, 0.717) is 31.7 Å². The van der Waals surface area contributed by atoms with Crippen LogP contribution in [0.5, 0.6) is 0 Å². The largest absolute Gasteiger partial charge is 0.411 e. The maximum Gasteiger partial charge on any atom is 0.411 e. The first-order valence-corrected chi connectivity index (χ1v) is 10.6. The number of nitrogens with zero attached hydrogens (tertiary/aromatic N) is 2. The van der Waals surface area contributed by atoms with Crippen LogP contribution in [0.25, 0.3) is 0 Å². The molecule has 0 saturated carbocycles. The molecule has 1 fully saturated rings. The predicted octanol–water partition coefficient (Wildman–Crippen LogP) is 0.859. The van der Waals surface area contributed by atoms with E-state index < -0.39 is 22.8 Å². The summed E-state index contributed by atoms with van der Waals surface area (Å²) in [6.45, 7) is 2.45. The van der Waals surface area contributed by atoms with Crippen molar-refractivity contribution >= 4 is 21.6 Å². The van der Waals surface area contributed by atoms with Crippen LogP contribution in [-0.4, -0.2) is 82.8 Å². The van der Waals surface area contributed by atoms with Crippen molar-refractivity contribution in [1.29, 1.82) is 0 Å². The number of nitrogens with one attached hydrogen (secondary N) is 1. The van der Waals surface area contributed by atoms with Gasteiger partial charge in [-0.1, -0.05) is 0 Å². The minimum atomic E-state index is -4.30. The molecule has 1 aromatic rings. The summed E-state index contributed by atoms with van der Waals surface area (Å²) in [6, 6.07) is 5.58. The van der Waals surface area contributed by atoms with Gasteiger partial charge in [0.05, 0.1) is 11.4 Å². The van der Waals surface area contributed by atoms with E-state index in [0.717, 1.165) is 13.1 Å². The molecule has 29 heavy (non-hydrogen) atoms. The quantitative estimate of drug-likeness (QED) is 0.554. The average Bonchev–Trinajstić information content (AvgIpc) is 2.61. The number of carbonyl (C=O) groups is 1. The smallest absolute Gasteiger partial charge is 0.372 e. The fourth-order valence-corrected chi connectivity index (χ4v) is 3.40.